The standard InChI is InChI=1S/C16H10N2S2/c17-9-11-1-5-13(6-2-11)15(19)16(20)14-7-3-12(10-18)4-8-14/h1-8,15,19H. The molecule has 0 radical (unpaired) electrons. The monoisotopic (exact) mass is 294 g/mol. The third-order valence-electron chi connectivity index (χ3n) is 2.90. The van der Waals surface area contributed by atoms with Gasteiger partial charge in [0, 0.05) is 4.86 Å². The molecular weight excluding hydrogens is 284 g/mol. The van der Waals surface area contributed by atoms with E-state index in [0.717, 1.165) is 11.1 Å². The average Bonchev–Trinajstić information content (AvgIpc) is 2.53. The first kappa shape index (κ1) is 14.3. The van der Waals surface area contributed by atoms with Gasteiger partial charge in [-0.15, -0.1) is 0 Å². The minimum absolute atomic E-state index is 0.217. The van der Waals surface area contributed by atoms with Gasteiger partial charge in [-0.25, -0.2) is 0 Å². The Kier molecular flexibility index (Phi) is 4.53. The van der Waals surface area contributed by atoms with Crippen molar-refractivity contribution in [2.45, 2.75) is 5.25 Å². The fraction of sp³-hybridized carbons (Fsp3) is 0.0625. The number of nitriles is 2. The second-order valence-electron chi connectivity index (χ2n) is 4.19. The van der Waals surface area contributed by atoms with Crippen molar-refractivity contribution < 1.29 is 0 Å². The lowest BCUT2D eigenvalue weighted by Gasteiger charge is -2.13. The van der Waals surface area contributed by atoms with Crippen molar-refractivity contribution >= 4 is 29.7 Å². The van der Waals surface area contributed by atoms with Gasteiger partial charge in [0.15, 0.2) is 0 Å². The van der Waals surface area contributed by atoms with Crippen LogP contribution in [0.1, 0.15) is 27.5 Å². The fourth-order valence-electron chi connectivity index (χ4n) is 1.76. The van der Waals surface area contributed by atoms with E-state index in [4.69, 9.17) is 22.7 Å². The van der Waals surface area contributed by atoms with Gasteiger partial charge in [0.25, 0.3) is 0 Å². The van der Waals surface area contributed by atoms with Crippen LogP contribution in [0.3, 0.4) is 0 Å². The molecule has 0 heterocycles. The normalized spacial score (nSPS) is 11.2. The lowest BCUT2D eigenvalue weighted by Crippen LogP contribution is -2.06. The molecule has 0 bridgehead atoms. The summed E-state index contributed by atoms with van der Waals surface area (Å²) in [5.41, 5.74) is 3.04. The van der Waals surface area contributed by atoms with Gasteiger partial charge < -0.3 is 0 Å². The van der Waals surface area contributed by atoms with E-state index in [9.17, 15) is 0 Å². The van der Waals surface area contributed by atoms with E-state index in [-0.39, 0.29) is 5.25 Å². The zero-order chi connectivity index (χ0) is 14.5. The second-order valence-corrected chi connectivity index (χ2v) is 5.15. The zero-order valence-corrected chi connectivity index (χ0v) is 12.2. The highest BCUT2D eigenvalue weighted by molar-refractivity contribution is 7.86. The minimum Gasteiger partial charge on any atom is -0.192 e. The van der Waals surface area contributed by atoms with Crippen LogP contribution >= 0.6 is 24.8 Å². The lowest BCUT2D eigenvalue weighted by atomic mass is 10.0. The first-order valence-electron chi connectivity index (χ1n) is 5.88. The largest absolute Gasteiger partial charge is 0.192 e. The van der Waals surface area contributed by atoms with Crippen molar-refractivity contribution in [2.75, 3.05) is 0 Å². The Hall–Kier alpha value is -2.14. The Balaban J connectivity index is 2.23. The average molecular weight is 294 g/mol. The van der Waals surface area contributed by atoms with Crippen molar-refractivity contribution in [1.29, 1.82) is 10.5 Å². The SMILES string of the molecule is N#Cc1ccc(C(=S)C(S)c2ccc(C#N)cc2)cc1. The molecule has 20 heavy (non-hydrogen) atoms. The van der Waals surface area contributed by atoms with E-state index in [1.165, 1.54) is 0 Å². The summed E-state index contributed by atoms with van der Waals surface area (Å²) in [6.45, 7) is 0. The van der Waals surface area contributed by atoms with Crippen molar-refractivity contribution in [3.63, 3.8) is 0 Å². The molecule has 2 nitrogen and oxygen atoms in total. The van der Waals surface area contributed by atoms with Crippen molar-refractivity contribution in [3.05, 3.63) is 70.8 Å². The molecule has 0 aromatic heterocycles. The maximum Gasteiger partial charge on any atom is 0.0991 e. The molecule has 2 rings (SSSR count). The maximum absolute atomic E-state index is 8.78. The fourth-order valence-corrected chi connectivity index (χ4v) is 2.35. The Labute approximate surface area is 128 Å². The van der Waals surface area contributed by atoms with Crippen LogP contribution in [0.5, 0.6) is 0 Å². The summed E-state index contributed by atoms with van der Waals surface area (Å²) in [6, 6.07) is 18.5. The first-order chi connectivity index (χ1) is 9.65. The molecule has 0 spiro atoms. The molecule has 0 N–H and O–H groups in total. The number of hydrogen-bond acceptors (Lipinski definition) is 4. The molecule has 0 aliphatic heterocycles. The Morgan fingerprint density at radius 3 is 1.80 bits per heavy atom. The number of thiocarbonyl (C=S) groups is 1. The summed E-state index contributed by atoms with van der Waals surface area (Å²) in [5, 5.41) is 17.3. The molecule has 1 unspecified atom stereocenters. The molecular formula is C16H10N2S2. The van der Waals surface area contributed by atoms with Crippen LogP contribution in [-0.2, 0) is 0 Å². The molecule has 0 aliphatic rings. The van der Waals surface area contributed by atoms with Crippen molar-refractivity contribution in [1.82, 2.24) is 0 Å². The second kappa shape index (κ2) is 6.34. The molecule has 0 aliphatic carbocycles. The molecule has 96 valence electrons. The van der Waals surface area contributed by atoms with Gasteiger partial charge in [0.2, 0.25) is 0 Å². The van der Waals surface area contributed by atoms with Crippen LogP contribution < -0.4 is 0 Å². The van der Waals surface area contributed by atoms with E-state index < -0.39 is 0 Å². The summed E-state index contributed by atoms with van der Waals surface area (Å²) in [4.78, 5) is 0.697. The first-order valence-corrected chi connectivity index (χ1v) is 6.80. The minimum atomic E-state index is -0.217. The Bertz CT molecular complexity index is 704. The molecule has 0 amide bonds. The number of nitrogens with zero attached hydrogens (tertiary/aromatic N) is 2. The summed E-state index contributed by atoms with van der Waals surface area (Å²) in [5.74, 6) is 0. The number of rotatable bonds is 3. The Morgan fingerprint density at radius 2 is 1.35 bits per heavy atom. The van der Waals surface area contributed by atoms with Gasteiger partial charge in [0.05, 0.1) is 28.5 Å². The highest BCUT2D eigenvalue weighted by atomic mass is 32.1. The highest BCUT2D eigenvalue weighted by Crippen LogP contribution is 2.26. The van der Waals surface area contributed by atoms with Crippen LogP contribution in [-0.4, -0.2) is 4.86 Å². The quantitative estimate of drug-likeness (QED) is 0.532. The molecule has 2 aromatic carbocycles. The van der Waals surface area contributed by atoms with Crippen LogP contribution in [0.2, 0.25) is 0 Å². The summed E-state index contributed by atoms with van der Waals surface area (Å²) >= 11 is 9.99. The smallest absolute Gasteiger partial charge is 0.0991 e. The third-order valence-corrected chi connectivity index (χ3v) is 4.10. The van der Waals surface area contributed by atoms with E-state index >= 15 is 0 Å². The van der Waals surface area contributed by atoms with Crippen LogP contribution in [0.25, 0.3) is 0 Å². The Morgan fingerprint density at radius 1 is 0.900 bits per heavy atom. The molecule has 0 fully saturated rings. The summed E-state index contributed by atoms with van der Waals surface area (Å²) in [7, 11) is 0. The summed E-state index contributed by atoms with van der Waals surface area (Å²) < 4.78 is 0. The van der Waals surface area contributed by atoms with E-state index in [1.54, 1.807) is 24.3 Å². The summed E-state index contributed by atoms with van der Waals surface area (Å²) in [6.07, 6.45) is 0. The molecule has 2 aromatic rings. The van der Waals surface area contributed by atoms with E-state index in [1.807, 2.05) is 24.3 Å². The van der Waals surface area contributed by atoms with Gasteiger partial charge in [-0.1, -0.05) is 36.5 Å². The van der Waals surface area contributed by atoms with Gasteiger partial charge in [-0.3, -0.25) is 0 Å². The molecule has 1 atom stereocenters. The van der Waals surface area contributed by atoms with E-state index in [2.05, 4.69) is 24.8 Å². The van der Waals surface area contributed by atoms with Crippen molar-refractivity contribution in [2.24, 2.45) is 0 Å². The van der Waals surface area contributed by atoms with Crippen LogP contribution in [0, 0.1) is 22.7 Å². The van der Waals surface area contributed by atoms with Gasteiger partial charge >= 0.3 is 0 Å². The van der Waals surface area contributed by atoms with Gasteiger partial charge in [0.1, 0.15) is 0 Å². The van der Waals surface area contributed by atoms with Gasteiger partial charge in [-0.2, -0.15) is 23.2 Å². The topological polar surface area (TPSA) is 47.6 Å². The van der Waals surface area contributed by atoms with E-state index in [0.29, 0.717) is 16.0 Å². The van der Waals surface area contributed by atoms with Crippen molar-refractivity contribution in [3.8, 4) is 12.1 Å². The number of hydrogen-bond donors (Lipinski definition) is 1. The molecule has 4 heteroatoms. The molecule has 0 saturated carbocycles. The van der Waals surface area contributed by atoms with Gasteiger partial charge in [-0.05, 0) is 35.4 Å². The number of benzene rings is 2. The lowest BCUT2D eigenvalue weighted by molar-refractivity contribution is 1.31. The predicted molar refractivity (Wildman–Crippen MR) is 85.7 cm³/mol. The van der Waals surface area contributed by atoms with Crippen LogP contribution in [0.15, 0.2) is 48.5 Å². The highest BCUT2D eigenvalue weighted by Gasteiger charge is 2.14. The third kappa shape index (κ3) is 3.05. The molecule has 0 saturated heterocycles. The van der Waals surface area contributed by atoms with Crippen LogP contribution in [0.4, 0.5) is 0 Å². The zero-order valence-electron chi connectivity index (χ0n) is 10.4. The maximum atomic E-state index is 8.78. The number of thiol groups is 1. The predicted octanol–water partition coefficient (Wildman–Crippen LogP) is 3.82.